The van der Waals surface area contributed by atoms with Crippen molar-refractivity contribution in [3.8, 4) is 11.3 Å². The summed E-state index contributed by atoms with van der Waals surface area (Å²) in [6.07, 6.45) is 2.00. The molecule has 29 heavy (non-hydrogen) atoms. The molecule has 146 valence electrons. The molecule has 1 aliphatic rings. The first-order chi connectivity index (χ1) is 14.2. The van der Waals surface area contributed by atoms with Gasteiger partial charge in [-0.3, -0.25) is 4.90 Å². The van der Waals surface area contributed by atoms with Crippen LogP contribution in [-0.4, -0.2) is 39.7 Å². The van der Waals surface area contributed by atoms with Crippen LogP contribution in [0.3, 0.4) is 0 Å². The summed E-state index contributed by atoms with van der Waals surface area (Å²) in [5, 5.41) is 9.86. The van der Waals surface area contributed by atoms with E-state index in [1.807, 2.05) is 19.2 Å². The molecular formula is C24H25N5. The van der Waals surface area contributed by atoms with Gasteiger partial charge in [0.2, 0.25) is 0 Å². The molecule has 0 unspecified atom stereocenters. The normalized spacial score (nSPS) is 14.8. The molecule has 0 spiro atoms. The zero-order valence-electron chi connectivity index (χ0n) is 16.9. The first-order valence-electron chi connectivity index (χ1n) is 10.2. The largest absolute Gasteiger partial charge is 0.361 e. The predicted octanol–water partition coefficient (Wildman–Crippen LogP) is 4.91. The molecule has 0 saturated heterocycles. The van der Waals surface area contributed by atoms with Crippen molar-refractivity contribution in [2.75, 3.05) is 24.5 Å². The number of hydrogen-bond acceptors (Lipinski definition) is 4. The number of fused-ring (bicyclic) bond motifs is 2. The molecular weight excluding hydrogens is 358 g/mol. The van der Waals surface area contributed by atoms with Gasteiger partial charge in [-0.05, 0) is 66.9 Å². The van der Waals surface area contributed by atoms with Crippen molar-refractivity contribution in [1.82, 2.24) is 20.1 Å². The second kappa shape index (κ2) is 7.33. The standard InChI is InChI=1S/C24H25N5/c1-3-28-12-13-29(21-7-5-18-10-11-25-23(18)15-21)24-9-6-19(14-20(24)16-28)22-8-4-17(2)26-27-22/h4-11,14-15,25H,3,12-13,16H2,1-2H3. The highest BCUT2D eigenvalue weighted by Crippen LogP contribution is 2.35. The van der Waals surface area contributed by atoms with Crippen molar-refractivity contribution >= 4 is 22.3 Å². The van der Waals surface area contributed by atoms with Gasteiger partial charge in [0.25, 0.3) is 0 Å². The Hall–Kier alpha value is -3.18. The molecule has 0 fully saturated rings. The number of rotatable bonds is 3. The third-order valence-electron chi connectivity index (χ3n) is 5.80. The number of hydrogen-bond donors (Lipinski definition) is 1. The van der Waals surface area contributed by atoms with Crippen molar-refractivity contribution in [1.29, 1.82) is 0 Å². The third kappa shape index (κ3) is 3.38. The van der Waals surface area contributed by atoms with Crippen LogP contribution >= 0.6 is 0 Å². The summed E-state index contributed by atoms with van der Waals surface area (Å²) in [4.78, 5) is 8.28. The summed E-state index contributed by atoms with van der Waals surface area (Å²) in [6.45, 7) is 8.18. The zero-order chi connectivity index (χ0) is 19.8. The van der Waals surface area contributed by atoms with Gasteiger partial charge in [0.15, 0.2) is 0 Å². The summed E-state index contributed by atoms with van der Waals surface area (Å²) in [5.41, 5.74) is 7.98. The van der Waals surface area contributed by atoms with Gasteiger partial charge in [-0.25, -0.2) is 0 Å². The van der Waals surface area contributed by atoms with E-state index in [1.54, 1.807) is 0 Å². The second-order valence-electron chi connectivity index (χ2n) is 7.67. The van der Waals surface area contributed by atoms with Crippen LogP contribution in [0.1, 0.15) is 18.2 Å². The number of anilines is 2. The van der Waals surface area contributed by atoms with Crippen LogP contribution in [0.25, 0.3) is 22.2 Å². The van der Waals surface area contributed by atoms with E-state index >= 15 is 0 Å². The molecule has 0 saturated carbocycles. The molecule has 0 atom stereocenters. The van der Waals surface area contributed by atoms with E-state index < -0.39 is 0 Å². The lowest BCUT2D eigenvalue weighted by Crippen LogP contribution is -2.28. The number of nitrogens with one attached hydrogen (secondary N) is 1. The van der Waals surface area contributed by atoms with Gasteiger partial charge in [-0.2, -0.15) is 10.2 Å². The number of likely N-dealkylation sites (N-methyl/N-ethyl adjacent to an activating group) is 1. The Bertz CT molecular complexity index is 1150. The maximum Gasteiger partial charge on any atom is 0.0929 e. The number of aromatic nitrogens is 3. The van der Waals surface area contributed by atoms with Gasteiger partial charge in [0.1, 0.15) is 0 Å². The van der Waals surface area contributed by atoms with E-state index in [0.717, 1.165) is 43.1 Å². The summed E-state index contributed by atoms with van der Waals surface area (Å²) in [6, 6.07) is 19.5. The van der Waals surface area contributed by atoms with Crippen molar-refractivity contribution in [3.63, 3.8) is 0 Å². The van der Waals surface area contributed by atoms with Crippen LogP contribution in [0.5, 0.6) is 0 Å². The Kier molecular flexibility index (Phi) is 4.52. The maximum absolute atomic E-state index is 4.38. The molecule has 0 aliphatic carbocycles. The fraction of sp³-hybridized carbons (Fsp3) is 0.250. The molecule has 0 amide bonds. The maximum atomic E-state index is 4.38. The smallest absolute Gasteiger partial charge is 0.0929 e. The Balaban J connectivity index is 1.59. The van der Waals surface area contributed by atoms with Gasteiger partial charge in [-0.15, -0.1) is 0 Å². The van der Waals surface area contributed by atoms with E-state index in [4.69, 9.17) is 0 Å². The number of H-pyrrole nitrogens is 1. The van der Waals surface area contributed by atoms with Crippen molar-refractivity contribution in [2.24, 2.45) is 0 Å². The average Bonchev–Trinajstić information content (AvgIpc) is 3.14. The summed E-state index contributed by atoms with van der Waals surface area (Å²) in [5.74, 6) is 0. The number of aryl methyl sites for hydroxylation is 1. The van der Waals surface area contributed by atoms with Crippen LogP contribution in [0.2, 0.25) is 0 Å². The SMILES string of the molecule is CCN1CCN(c2ccc3cc[nH]c3c2)c2ccc(-c3ccc(C)nn3)cc2C1. The van der Waals surface area contributed by atoms with E-state index in [0.29, 0.717) is 0 Å². The van der Waals surface area contributed by atoms with Crippen LogP contribution in [0.4, 0.5) is 11.4 Å². The van der Waals surface area contributed by atoms with E-state index in [1.165, 1.54) is 27.8 Å². The van der Waals surface area contributed by atoms with E-state index in [-0.39, 0.29) is 0 Å². The highest BCUT2D eigenvalue weighted by molar-refractivity contribution is 5.85. The minimum Gasteiger partial charge on any atom is -0.361 e. The number of benzene rings is 2. The molecule has 0 bridgehead atoms. The van der Waals surface area contributed by atoms with Crippen LogP contribution in [0, 0.1) is 6.92 Å². The van der Waals surface area contributed by atoms with Crippen LogP contribution in [-0.2, 0) is 6.54 Å². The molecule has 2 aromatic heterocycles. The zero-order valence-corrected chi connectivity index (χ0v) is 16.9. The lowest BCUT2D eigenvalue weighted by Gasteiger charge is -2.25. The molecule has 5 nitrogen and oxygen atoms in total. The molecule has 5 rings (SSSR count). The average molecular weight is 383 g/mol. The van der Waals surface area contributed by atoms with Crippen molar-refractivity contribution in [3.05, 3.63) is 72.1 Å². The lowest BCUT2D eigenvalue weighted by molar-refractivity contribution is 0.294. The van der Waals surface area contributed by atoms with Gasteiger partial charge < -0.3 is 9.88 Å². The summed E-state index contributed by atoms with van der Waals surface area (Å²) < 4.78 is 0. The molecule has 5 heteroatoms. The topological polar surface area (TPSA) is 48.0 Å². The minimum absolute atomic E-state index is 0.921. The Morgan fingerprint density at radius 2 is 1.90 bits per heavy atom. The third-order valence-corrected chi connectivity index (χ3v) is 5.80. The Labute approximate surface area is 171 Å². The Morgan fingerprint density at radius 1 is 0.966 bits per heavy atom. The first-order valence-corrected chi connectivity index (χ1v) is 10.2. The lowest BCUT2D eigenvalue weighted by atomic mass is 10.0. The van der Waals surface area contributed by atoms with Gasteiger partial charge in [0, 0.05) is 48.3 Å². The molecule has 1 N–H and O–H groups in total. The minimum atomic E-state index is 0.921. The van der Waals surface area contributed by atoms with E-state index in [9.17, 15) is 0 Å². The highest BCUT2D eigenvalue weighted by Gasteiger charge is 2.21. The number of aromatic amines is 1. The molecule has 2 aromatic carbocycles. The van der Waals surface area contributed by atoms with Crippen molar-refractivity contribution < 1.29 is 0 Å². The quantitative estimate of drug-likeness (QED) is 0.546. The summed E-state index contributed by atoms with van der Waals surface area (Å²) in [7, 11) is 0. The summed E-state index contributed by atoms with van der Waals surface area (Å²) >= 11 is 0. The van der Waals surface area contributed by atoms with Crippen LogP contribution < -0.4 is 4.90 Å². The monoisotopic (exact) mass is 383 g/mol. The van der Waals surface area contributed by atoms with Gasteiger partial charge in [0.05, 0.1) is 11.4 Å². The van der Waals surface area contributed by atoms with Gasteiger partial charge in [-0.1, -0.05) is 19.1 Å². The fourth-order valence-electron chi connectivity index (χ4n) is 4.11. The first kappa shape index (κ1) is 17.9. The molecule has 3 heterocycles. The molecule has 0 radical (unpaired) electrons. The van der Waals surface area contributed by atoms with Crippen molar-refractivity contribution in [2.45, 2.75) is 20.4 Å². The highest BCUT2D eigenvalue weighted by atomic mass is 15.2. The Morgan fingerprint density at radius 3 is 2.72 bits per heavy atom. The van der Waals surface area contributed by atoms with E-state index in [2.05, 4.69) is 80.4 Å². The van der Waals surface area contributed by atoms with Gasteiger partial charge >= 0.3 is 0 Å². The fourth-order valence-corrected chi connectivity index (χ4v) is 4.11. The molecule has 1 aliphatic heterocycles. The molecule has 4 aromatic rings. The van der Waals surface area contributed by atoms with Crippen LogP contribution in [0.15, 0.2) is 60.8 Å². The second-order valence-corrected chi connectivity index (χ2v) is 7.67. The number of nitrogens with zero attached hydrogens (tertiary/aromatic N) is 4. The predicted molar refractivity (Wildman–Crippen MR) is 118 cm³/mol.